The zero-order valence-electron chi connectivity index (χ0n) is 13.0. The van der Waals surface area contributed by atoms with E-state index >= 15 is 0 Å². The van der Waals surface area contributed by atoms with Gasteiger partial charge in [0.25, 0.3) is 0 Å². The molecule has 0 bridgehead atoms. The fourth-order valence-corrected chi connectivity index (χ4v) is 3.11. The standard InChI is InChI=1S/C18H13Cl2N3O2/c19-13-3-1-11(2-4-13)17-21-18(25-22-17)12-9-16(24)23(10-12)15-7-5-14(20)6-8-15/h1-8,12H,9-10H2/t12-/m0/s1. The second-order valence-corrected chi connectivity index (χ2v) is 6.72. The van der Waals surface area contributed by atoms with Crippen molar-refractivity contribution in [3.8, 4) is 11.4 Å². The lowest BCUT2D eigenvalue weighted by Gasteiger charge is -2.15. The zero-order valence-corrected chi connectivity index (χ0v) is 14.5. The SMILES string of the molecule is O=C1C[C@H](c2nc(-c3ccc(Cl)cc3)no2)CN1c1ccc(Cl)cc1. The van der Waals surface area contributed by atoms with Gasteiger partial charge in [0.05, 0.1) is 5.92 Å². The monoisotopic (exact) mass is 373 g/mol. The summed E-state index contributed by atoms with van der Waals surface area (Å²) in [5, 5.41) is 5.30. The first kappa shape index (κ1) is 16.1. The number of carbonyl (C=O) groups is 1. The molecule has 0 aliphatic carbocycles. The minimum absolute atomic E-state index is 0.0264. The van der Waals surface area contributed by atoms with Gasteiger partial charge in [-0.15, -0.1) is 0 Å². The summed E-state index contributed by atoms with van der Waals surface area (Å²) in [6.45, 7) is 0.503. The fraction of sp³-hybridized carbons (Fsp3) is 0.167. The van der Waals surface area contributed by atoms with Gasteiger partial charge in [-0.1, -0.05) is 28.4 Å². The third kappa shape index (κ3) is 3.25. The maximum absolute atomic E-state index is 12.3. The van der Waals surface area contributed by atoms with Gasteiger partial charge in [0.2, 0.25) is 17.6 Å². The largest absolute Gasteiger partial charge is 0.339 e. The van der Waals surface area contributed by atoms with Crippen LogP contribution in [0, 0.1) is 0 Å². The van der Waals surface area contributed by atoms with Gasteiger partial charge in [-0.25, -0.2) is 0 Å². The highest BCUT2D eigenvalue weighted by molar-refractivity contribution is 6.30. The van der Waals surface area contributed by atoms with Crippen LogP contribution in [0.1, 0.15) is 18.2 Å². The van der Waals surface area contributed by atoms with E-state index in [9.17, 15) is 4.79 Å². The van der Waals surface area contributed by atoms with Gasteiger partial charge in [-0.3, -0.25) is 4.79 Å². The van der Waals surface area contributed by atoms with E-state index in [1.165, 1.54) is 0 Å². The average molecular weight is 374 g/mol. The molecule has 7 heteroatoms. The minimum atomic E-state index is -0.128. The summed E-state index contributed by atoms with van der Waals surface area (Å²) in [6, 6.07) is 14.4. The van der Waals surface area contributed by atoms with Gasteiger partial charge >= 0.3 is 0 Å². The average Bonchev–Trinajstić information content (AvgIpc) is 3.23. The van der Waals surface area contributed by atoms with Gasteiger partial charge < -0.3 is 9.42 Å². The van der Waals surface area contributed by atoms with Crippen molar-refractivity contribution in [2.24, 2.45) is 0 Å². The molecule has 0 spiro atoms. The molecule has 1 aliphatic heterocycles. The van der Waals surface area contributed by atoms with Crippen LogP contribution in [0.5, 0.6) is 0 Å². The number of nitrogens with zero attached hydrogens (tertiary/aromatic N) is 3. The quantitative estimate of drug-likeness (QED) is 0.674. The van der Waals surface area contributed by atoms with Crippen LogP contribution >= 0.6 is 23.2 Å². The first-order valence-corrected chi connectivity index (χ1v) is 8.51. The highest BCUT2D eigenvalue weighted by Gasteiger charge is 2.35. The fourth-order valence-electron chi connectivity index (χ4n) is 2.86. The normalized spacial score (nSPS) is 17.3. The number of carbonyl (C=O) groups excluding carboxylic acids is 1. The lowest BCUT2D eigenvalue weighted by Crippen LogP contribution is -2.24. The summed E-state index contributed by atoms with van der Waals surface area (Å²) in [5.41, 5.74) is 1.63. The molecule has 1 fully saturated rings. The maximum Gasteiger partial charge on any atom is 0.232 e. The Morgan fingerprint density at radius 2 is 1.64 bits per heavy atom. The van der Waals surface area contributed by atoms with Crippen LogP contribution in [0.25, 0.3) is 11.4 Å². The van der Waals surface area contributed by atoms with Gasteiger partial charge in [0.15, 0.2) is 0 Å². The molecule has 0 saturated carbocycles. The number of hydrogen-bond acceptors (Lipinski definition) is 4. The molecule has 0 unspecified atom stereocenters. The highest BCUT2D eigenvalue weighted by atomic mass is 35.5. The maximum atomic E-state index is 12.3. The summed E-state index contributed by atoms with van der Waals surface area (Å²) >= 11 is 11.8. The van der Waals surface area contributed by atoms with E-state index in [0.29, 0.717) is 34.7 Å². The Labute approximate surface area is 154 Å². The summed E-state index contributed by atoms with van der Waals surface area (Å²) < 4.78 is 5.39. The molecule has 0 radical (unpaired) electrons. The van der Waals surface area contributed by atoms with Crippen LogP contribution in [0.4, 0.5) is 5.69 Å². The lowest BCUT2D eigenvalue weighted by molar-refractivity contribution is -0.117. The molecular formula is C18H13Cl2N3O2. The lowest BCUT2D eigenvalue weighted by atomic mass is 10.1. The molecule has 2 heterocycles. The molecule has 126 valence electrons. The van der Waals surface area contributed by atoms with Crippen molar-refractivity contribution in [1.29, 1.82) is 0 Å². The van der Waals surface area contributed by atoms with Crippen molar-refractivity contribution < 1.29 is 9.32 Å². The van der Waals surface area contributed by atoms with E-state index < -0.39 is 0 Å². The molecule has 1 amide bonds. The molecule has 1 saturated heterocycles. The smallest absolute Gasteiger partial charge is 0.232 e. The number of hydrogen-bond donors (Lipinski definition) is 0. The molecule has 3 aromatic rings. The predicted molar refractivity (Wildman–Crippen MR) is 95.9 cm³/mol. The van der Waals surface area contributed by atoms with E-state index in [-0.39, 0.29) is 11.8 Å². The summed E-state index contributed by atoms with van der Waals surface area (Å²) in [5.74, 6) is 0.856. The van der Waals surface area contributed by atoms with Crippen molar-refractivity contribution in [2.75, 3.05) is 11.4 Å². The number of halogens is 2. The molecule has 25 heavy (non-hydrogen) atoms. The van der Waals surface area contributed by atoms with Crippen molar-refractivity contribution in [1.82, 2.24) is 10.1 Å². The number of benzene rings is 2. The van der Waals surface area contributed by atoms with Crippen LogP contribution in [0.15, 0.2) is 53.1 Å². The molecule has 5 nitrogen and oxygen atoms in total. The third-order valence-electron chi connectivity index (χ3n) is 4.16. The Kier molecular flexibility index (Phi) is 4.19. The second-order valence-electron chi connectivity index (χ2n) is 5.84. The molecular weight excluding hydrogens is 361 g/mol. The molecule has 0 N–H and O–H groups in total. The summed E-state index contributed by atoms with van der Waals surface area (Å²) in [6.07, 6.45) is 0.338. The van der Waals surface area contributed by atoms with E-state index in [0.717, 1.165) is 11.3 Å². The highest BCUT2D eigenvalue weighted by Crippen LogP contribution is 2.32. The molecule has 2 aromatic carbocycles. The Balaban J connectivity index is 1.54. The van der Waals surface area contributed by atoms with Crippen LogP contribution in [0.3, 0.4) is 0 Å². The molecule has 1 aliphatic rings. The van der Waals surface area contributed by atoms with Gasteiger partial charge in [0, 0.05) is 34.3 Å². The Morgan fingerprint density at radius 3 is 2.32 bits per heavy atom. The molecule has 1 aromatic heterocycles. The van der Waals surface area contributed by atoms with Gasteiger partial charge in [-0.05, 0) is 48.5 Å². The van der Waals surface area contributed by atoms with E-state index in [4.69, 9.17) is 27.7 Å². The Hall–Kier alpha value is -2.37. The van der Waals surface area contributed by atoms with E-state index in [2.05, 4.69) is 10.1 Å². The first-order valence-electron chi connectivity index (χ1n) is 7.75. The van der Waals surface area contributed by atoms with E-state index in [1.54, 1.807) is 29.2 Å². The van der Waals surface area contributed by atoms with Crippen molar-refractivity contribution in [3.05, 3.63) is 64.5 Å². The van der Waals surface area contributed by atoms with Crippen LogP contribution in [-0.4, -0.2) is 22.6 Å². The third-order valence-corrected chi connectivity index (χ3v) is 4.66. The van der Waals surface area contributed by atoms with Crippen molar-refractivity contribution in [3.63, 3.8) is 0 Å². The molecule has 1 atom stereocenters. The van der Waals surface area contributed by atoms with Gasteiger partial charge in [0.1, 0.15) is 0 Å². The Morgan fingerprint density at radius 1 is 1.00 bits per heavy atom. The minimum Gasteiger partial charge on any atom is -0.339 e. The summed E-state index contributed by atoms with van der Waals surface area (Å²) in [7, 11) is 0. The first-order chi connectivity index (χ1) is 12.1. The van der Waals surface area contributed by atoms with Crippen LogP contribution < -0.4 is 4.90 Å². The summed E-state index contributed by atoms with van der Waals surface area (Å²) in [4.78, 5) is 18.5. The number of amides is 1. The van der Waals surface area contributed by atoms with E-state index in [1.807, 2.05) is 24.3 Å². The van der Waals surface area contributed by atoms with Crippen LogP contribution in [0.2, 0.25) is 10.0 Å². The zero-order chi connectivity index (χ0) is 17.4. The predicted octanol–water partition coefficient (Wildman–Crippen LogP) is 4.56. The number of rotatable bonds is 3. The van der Waals surface area contributed by atoms with Gasteiger partial charge in [-0.2, -0.15) is 4.98 Å². The molecule has 4 rings (SSSR count). The van der Waals surface area contributed by atoms with Crippen molar-refractivity contribution >= 4 is 34.8 Å². The Bertz CT molecular complexity index is 907. The number of anilines is 1. The van der Waals surface area contributed by atoms with Crippen LogP contribution in [-0.2, 0) is 4.79 Å². The topological polar surface area (TPSA) is 59.2 Å². The second kappa shape index (κ2) is 6.50. The number of aromatic nitrogens is 2. The van der Waals surface area contributed by atoms with Crippen molar-refractivity contribution in [2.45, 2.75) is 12.3 Å².